The first-order valence-electron chi connectivity index (χ1n) is 7.92. The fourth-order valence-corrected chi connectivity index (χ4v) is 4.32. The van der Waals surface area contributed by atoms with Crippen LogP contribution < -0.4 is 0 Å². The normalized spacial score (nSPS) is 12.5. The summed E-state index contributed by atoms with van der Waals surface area (Å²) >= 11 is 5.94. The van der Waals surface area contributed by atoms with Crippen molar-refractivity contribution < 1.29 is 35.6 Å². The minimum absolute atomic E-state index is 0.0785. The van der Waals surface area contributed by atoms with Gasteiger partial charge in [-0.05, 0) is 30.3 Å². The van der Waals surface area contributed by atoms with Gasteiger partial charge in [-0.2, -0.15) is 0 Å². The average molecular weight is 467 g/mol. The maximum atomic E-state index is 12.4. The van der Waals surface area contributed by atoms with Gasteiger partial charge < -0.3 is 9.15 Å². The Hall–Kier alpha value is -1.96. The van der Waals surface area contributed by atoms with E-state index in [0.29, 0.717) is 4.47 Å². The van der Waals surface area contributed by atoms with Crippen molar-refractivity contribution in [2.75, 3.05) is 28.3 Å². The molecule has 0 spiro atoms. The minimum atomic E-state index is -4.08. The molecule has 1 heterocycles. The number of hydroxylamine groups is 1. The largest absolute Gasteiger partial charge is 0.454 e. The highest BCUT2D eigenvalue weighted by atomic mass is 35.5. The van der Waals surface area contributed by atoms with Crippen molar-refractivity contribution in [3.05, 3.63) is 46.7 Å². The van der Waals surface area contributed by atoms with Gasteiger partial charge >= 0.3 is 5.97 Å². The van der Waals surface area contributed by atoms with Gasteiger partial charge in [-0.3, -0.25) is 4.84 Å². The lowest BCUT2D eigenvalue weighted by atomic mass is 10.2. The maximum Gasteiger partial charge on any atom is 0.338 e. The number of carbonyl (C=O) groups is 1. The fourth-order valence-electron chi connectivity index (χ4n) is 2.04. The van der Waals surface area contributed by atoms with Gasteiger partial charge in [-0.1, -0.05) is 16.1 Å². The second-order valence-electron chi connectivity index (χ2n) is 5.83. The van der Waals surface area contributed by atoms with Crippen molar-refractivity contribution in [3.8, 4) is 0 Å². The van der Waals surface area contributed by atoms with Crippen LogP contribution in [-0.2, 0) is 36.2 Å². The number of ether oxygens (including phenoxy) is 1. The molecule has 0 radical (unpaired) electrons. The van der Waals surface area contributed by atoms with Crippen LogP contribution >= 0.6 is 11.6 Å². The van der Waals surface area contributed by atoms with E-state index < -0.39 is 26.0 Å². The zero-order valence-corrected chi connectivity index (χ0v) is 18.3. The van der Waals surface area contributed by atoms with Gasteiger partial charge in [0.25, 0.3) is 20.0 Å². The number of hydrogen-bond donors (Lipinski definition) is 0. The molecule has 1 aromatic heterocycles. The van der Waals surface area contributed by atoms with Gasteiger partial charge in [0.15, 0.2) is 0 Å². The van der Waals surface area contributed by atoms with E-state index in [1.807, 2.05) is 0 Å². The minimum Gasteiger partial charge on any atom is -0.454 e. The zero-order valence-electron chi connectivity index (χ0n) is 15.9. The third-order valence-electron chi connectivity index (χ3n) is 3.76. The molecule has 29 heavy (non-hydrogen) atoms. The smallest absolute Gasteiger partial charge is 0.338 e. The first kappa shape index (κ1) is 23.3. The fraction of sp³-hybridized carbons (Fsp3) is 0.312. The third-order valence-corrected chi connectivity index (χ3v) is 7.61. The van der Waals surface area contributed by atoms with Gasteiger partial charge in [0.2, 0.25) is 5.09 Å². The van der Waals surface area contributed by atoms with E-state index >= 15 is 0 Å². The van der Waals surface area contributed by atoms with Crippen molar-refractivity contribution in [2.45, 2.75) is 16.6 Å². The molecular formula is C16H19ClN2O8S2. The summed E-state index contributed by atoms with van der Waals surface area (Å²) in [5.74, 6) is -0.758. The molecule has 0 saturated carbocycles. The molecular weight excluding hydrogens is 448 g/mol. The molecule has 0 bridgehead atoms. The standard InChI is InChI=1S/C16H19ClN2O8S2/c1-18(2)29(23,24)15-8-6-12(27-15)10-26-16(20)11-5-7-13(17)14(9-11)28(21,22)19(3)25-4/h5-9H,10H2,1-4H3. The van der Waals surface area contributed by atoms with Gasteiger partial charge in [-0.15, -0.1) is 0 Å². The summed E-state index contributed by atoms with van der Waals surface area (Å²) < 4.78 is 60.6. The molecule has 0 atom stereocenters. The Kier molecular flexibility index (Phi) is 7.09. The van der Waals surface area contributed by atoms with E-state index in [2.05, 4.69) is 4.84 Å². The number of hydrogen-bond acceptors (Lipinski definition) is 8. The molecule has 0 fully saturated rings. The molecule has 2 rings (SSSR count). The first-order valence-corrected chi connectivity index (χ1v) is 11.2. The van der Waals surface area contributed by atoms with Crippen LogP contribution in [0.1, 0.15) is 16.1 Å². The monoisotopic (exact) mass is 466 g/mol. The molecule has 0 amide bonds. The number of carbonyl (C=O) groups excluding carboxylic acids is 1. The van der Waals surface area contributed by atoms with Crippen LogP contribution in [-0.4, -0.2) is 59.8 Å². The van der Waals surface area contributed by atoms with E-state index in [4.69, 9.17) is 20.8 Å². The van der Waals surface area contributed by atoms with E-state index in [1.54, 1.807) is 0 Å². The number of nitrogens with zero attached hydrogens (tertiary/aromatic N) is 2. The van der Waals surface area contributed by atoms with E-state index in [1.165, 1.54) is 45.4 Å². The molecule has 1 aromatic carbocycles. The second-order valence-corrected chi connectivity index (χ2v) is 10.2. The summed E-state index contributed by atoms with van der Waals surface area (Å²) in [6, 6.07) is 6.18. The number of sulfonamides is 2. The molecule has 13 heteroatoms. The first-order chi connectivity index (χ1) is 13.4. The quantitative estimate of drug-likeness (QED) is 0.425. The van der Waals surface area contributed by atoms with Gasteiger partial charge in [0, 0.05) is 21.1 Å². The van der Waals surface area contributed by atoms with Crippen LogP contribution in [0.2, 0.25) is 5.02 Å². The topological polar surface area (TPSA) is 123 Å². The molecule has 160 valence electrons. The summed E-state index contributed by atoms with van der Waals surface area (Å²) in [5.41, 5.74) is -0.0785. The number of furan rings is 1. The molecule has 0 saturated heterocycles. The van der Waals surface area contributed by atoms with Crippen molar-refractivity contribution >= 4 is 37.6 Å². The van der Waals surface area contributed by atoms with Crippen molar-refractivity contribution in [2.24, 2.45) is 0 Å². The lowest BCUT2D eigenvalue weighted by Crippen LogP contribution is -2.26. The molecule has 0 aliphatic heterocycles. The molecule has 0 aliphatic rings. The lowest BCUT2D eigenvalue weighted by molar-refractivity contribution is -0.0258. The van der Waals surface area contributed by atoms with Gasteiger partial charge in [0.05, 0.1) is 17.7 Å². The summed E-state index contributed by atoms with van der Waals surface area (Å²) in [5, 5.41) is -0.397. The van der Waals surface area contributed by atoms with Crippen LogP contribution in [0.25, 0.3) is 0 Å². The maximum absolute atomic E-state index is 12.4. The summed E-state index contributed by atoms with van der Waals surface area (Å²) in [6.45, 7) is -0.357. The highest BCUT2D eigenvalue weighted by molar-refractivity contribution is 7.89. The highest BCUT2D eigenvalue weighted by Gasteiger charge is 2.26. The molecule has 0 unspecified atom stereocenters. The Bertz CT molecular complexity index is 1110. The number of halogens is 1. The molecule has 0 aliphatic carbocycles. The number of rotatable bonds is 8. The predicted molar refractivity (Wildman–Crippen MR) is 102 cm³/mol. The molecule has 10 nitrogen and oxygen atoms in total. The van der Waals surface area contributed by atoms with Crippen LogP contribution in [0.3, 0.4) is 0 Å². The highest BCUT2D eigenvalue weighted by Crippen LogP contribution is 2.26. The predicted octanol–water partition coefficient (Wildman–Crippen LogP) is 1.72. The molecule has 2 aromatic rings. The Morgan fingerprint density at radius 1 is 1.07 bits per heavy atom. The van der Waals surface area contributed by atoms with Crippen molar-refractivity contribution in [1.82, 2.24) is 8.77 Å². The van der Waals surface area contributed by atoms with Crippen molar-refractivity contribution in [1.29, 1.82) is 0 Å². The van der Waals surface area contributed by atoms with Crippen LogP contribution in [0.4, 0.5) is 0 Å². The van der Waals surface area contributed by atoms with Gasteiger partial charge in [-0.25, -0.2) is 25.9 Å². The van der Waals surface area contributed by atoms with Crippen LogP contribution in [0.5, 0.6) is 0 Å². The Balaban J connectivity index is 2.19. The van der Waals surface area contributed by atoms with Crippen LogP contribution in [0.15, 0.2) is 44.7 Å². The average Bonchev–Trinajstić information content (AvgIpc) is 3.15. The third kappa shape index (κ3) is 4.97. The summed E-state index contributed by atoms with van der Waals surface area (Å²) in [4.78, 5) is 16.6. The second kappa shape index (κ2) is 8.81. The van der Waals surface area contributed by atoms with E-state index in [-0.39, 0.29) is 32.9 Å². The molecule has 0 N–H and O–H groups in total. The van der Waals surface area contributed by atoms with Crippen molar-refractivity contribution in [3.63, 3.8) is 0 Å². The van der Waals surface area contributed by atoms with Gasteiger partial charge in [0.1, 0.15) is 17.3 Å². The Labute approximate surface area is 173 Å². The van der Waals surface area contributed by atoms with Crippen LogP contribution in [0, 0.1) is 0 Å². The Morgan fingerprint density at radius 2 is 1.72 bits per heavy atom. The zero-order chi connectivity index (χ0) is 22.0. The Morgan fingerprint density at radius 3 is 2.31 bits per heavy atom. The summed E-state index contributed by atoms with van der Waals surface area (Å²) in [7, 11) is -2.80. The number of benzene rings is 1. The lowest BCUT2D eigenvalue weighted by Gasteiger charge is -2.15. The van der Waals surface area contributed by atoms with E-state index in [9.17, 15) is 21.6 Å². The van der Waals surface area contributed by atoms with E-state index in [0.717, 1.165) is 17.5 Å². The number of esters is 1. The SMILES string of the molecule is CON(C)S(=O)(=O)c1cc(C(=O)OCc2ccc(S(=O)(=O)N(C)C)o2)ccc1Cl. The summed E-state index contributed by atoms with van der Waals surface area (Å²) in [6.07, 6.45) is 0.